The molecule has 0 amide bonds. The average molecular weight is 306 g/mol. The van der Waals surface area contributed by atoms with Crippen LogP contribution in [-0.2, 0) is 4.84 Å². The van der Waals surface area contributed by atoms with Gasteiger partial charge in [0, 0.05) is 24.8 Å². The molecule has 6 heteroatoms. The highest BCUT2D eigenvalue weighted by molar-refractivity contribution is 6.37. The largest absolute Gasteiger partial charge is 0.508 e. The summed E-state index contributed by atoms with van der Waals surface area (Å²) in [4.78, 5) is 5.11. The Balaban J connectivity index is 2.34. The van der Waals surface area contributed by atoms with Gasteiger partial charge >= 0.3 is 0 Å². The van der Waals surface area contributed by atoms with Gasteiger partial charge in [0.15, 0.2) is 5.75 Å². The van der Waals surface area contributed by atoms with Crippen molar-refractivity contribution in [2.24, 2.45) is 0 Å². The summed E-state index contributed by atoms with van der Waals surface area (Å²) in [6.07, 6.45) is 4.35. The van der Waals surface area contributed by atoms with Crippen LogP contribution in [-0.4, -0.2) is 17.8 Å². The number of ether oxygens (including phenoxy) is 1. The molecule has 0 unspecified atom stereocenters. The summed E-state index contributed by atoms with van der Waals surface area (Å²) in [5, 5.41) is 9.85. The van der Waals surface area contributed by atoms with Crippen molar-refractivity contribution in [2.45, 2.75) is 26.4 Å². The molecule has 0 aliphatic carbocycles. The van der Waals surface area contributed by atoms with Crippen molar-refractivity contribution in [2.75, 3.05) is 6.61 Å². The molecule has 0 aliphatic rings. The molecule has 2 N–H and O–H groups in total. The fourth-order valence-corrected chi connectivity index (χ4v) is 1.80. The second-order valence-electron chi connectivity index (χ2n) is 4.06. The van der Waals surface area contributed by atoms with E-state index in [1.807, 2.05) is 19.9 Å². The van der Waals surface area contributed by atoms with Crippen LogP contribution in [0.3, 0.4) is 0 Å². The number of hydrogen-bond donors (Lipinski definition) is 2. The highest BCUT2D eigenvalue weighted by atomic mass is 35.5. The van der Waals surface area contributed by atoms with Gasteiger partial charge in [-0.15, -0.1) is 0 Å². The molecule has 1 rings (SSSR count). The van der Waals surface area contributed by atoms with Gasteiger partial charge in [0.1, 0.15) is 5.75 Å². The highest BCUT2D eigenvalue weighted by Gasteiger charge is 2.08. The van der Waals surface area contributed by atoms with E-state index in [9.17, 15) is 5.11 Å². The van der Waals surface area contributed by atoms with Crippen LogP contribution in [0.1, 0.15) is 20.3 Å². The monoisotopic (exact) mass is 305 g/mol. The normalized spacial score (nSPS) is 11.2. The summed E-state index contributed by atoms with van der Waals surface area (Å²) in [5.41, 5.74) is 2.69. The first-order valence-corrected chi connectivity index (χ1v) is 6.63. The highest BCUT2D eigenvalue weighted by Crippen LogP contribution is 2.36. The van der Waals surface area contributed by atoms with Crippen molar-refractivity contribution in [1.29, 1.82) is 0 Å². The van der Waals surface area contributed by atoms with Gasteiger partial charge in [0.2, 0.25) is 0 Å². The van der Waals surface area contributed by atoms with Gasteiger partial charge in [-0.2, -0.15) is 0 Å². The Morgan fingerprint density at radius 1 is 1.32 bits per heavy atom. The molecule has 1 aromatic carbocycles. The molecule has 0 atom stereocenters. The molecular formula is C13H17Cl2NO3. The van der Waals surface area contributed by atoms with Crippen LogP contribution in [0.25, 0.3) is 0 Å². The Morgan fingerprint density at radius 3 is 2.53 bits per heavy atom. The lowest BCUT2D eigenvalue weighted by molar-refractivity contribution is 0.0210. The van der Waals surface area contributed by atoms with Crippen LogP contribution in [0.2, 0.25) is 10.0 Å². The number of hydroxylamine groups is 1. The van der Waals surface area contributed by atoms with Crippen molar-refractivity contribution in [3.05, 3.63) is 34.5 Å². The van der Waals surface area contributed by atoms with Crippen LogP contribution in [0.4, 0.5) is 0 Å². The Labute approximate surface area is 122 Å². The third-order valence-corrected chi connectivity index (χ3v) is 2.57. The maximum atomic E-state index is 9.27. The van der Waals surface area contributed by atoms with Gasteiger partial charge in [-0.3, -0.25) is 10.3 Å². The minimum absolute atomic E-state index is 0.0114. The maximum absolute atomic E-state index is 9.27. The molecular weight excluding hydrogens is 289 g/mol. The third kappa shape index (κ3) is 6.05. The van der Waals surface area contributed by atoms with Gasteiger partial charge in [-0.1, -0.05) is 29.3 Å². The summed E-state index contributed by atoms with van der Waals surface area (Å²) in [7, 11) is 0. The molecule has 0 saturated carbocycles. The molecule has 19 heavy (non-hydrogen) atoms. The zero-order valence-electron chi connectivity index (χ0n) is 10.8. The zero-order valence-corrected chi connectivity index (χ0v) is 12.3. The van der Waals surface area contributed by atoms with Gasteiger partial charge in [0.05, 0.1) is 22.8 Å². The van der Waals surface area contributed by atoms with E-state index in [0.29, 0.717) is 18.8 Å². The summed E-state index contributed by atoms with van der Waals surface area (Å²) < 4.78 is 5.46. The van der Waals surface area contributed by atoms with Crippen LogP contribution in [0, 0.1) is 0 Å². The zero-order chi connectivity index (χ0) is 14.3. The maximum Gasteiger partial charge on any atom is 0.156 e. The standard InChI is InChI=1S/C13H17Cl2NO3/c1-9(2)19-16-5-3-4-6-18-13-11(14)7-10(17)8-12(13)15/h3,5,7-9,16-17H,4,6H2,1-2H3. The first-order chi connectivity index (χ1) is 9.00. The Bertz CT molecular complexity index is 413. The molecule has 0 fully saturated rings. The van der Waals surface area contributed by atoms with Gasteiger partial charge in [0.25, 0.3) is 0 Å². The number of hydrogen-bond acceptors (Lipinski definition) is 4. The number of halogens is 2. The van der Waals surface area contributed by atoms with E-state index in [4.69, 9.17) is 32.8 Å². The predicted molar refractivity (Wildman–Crippen MR) is 76.7 cm³/mol. The first kappa shape index (κ1) is 16.0. The fraction of sp³-hybridized carbons (Fsp3) is 0.385. The minimum atomic E-state index is 0.0114. The lowest BCUT2D eigenvalue weighted by Crippen LogP contribution is -2.13. The molecule has 106 valence electrons. The number of rotatable bonds is 7. The quantitative estimate of drug-likeness (QED) is 0.592. The number of phenols is 1. The van der Waals surface area contributed by atoms with Crippen LogP contribution in [0.5, 0.6) is 11.5 Å². The molecule has 0 aliphatic heterocycles. The fourth-order valence-electron chi connectivity index (χ4n) is 1.22. The van der Waals surface area contributed by atoms with E-state index in [2.05, 4.69) is 5.48 Å². The van der Waals surface area contributed by atoms with Crippen molar-refractivity contribution in [1.82, 2.24) is 5.48 Å². The molecule has 4 nitrogen and oxygen atoms in total. The summed E-state index contributed by atoms with van der Waals surface area (Å²) in [6, 6.07) is 2.77. The molecule has 0 aromatic heterocycles. The summed E-state index contributed by atoms with van der Waals surface area (Å²) in [6.45, 7) is 4.28. The van der Waals surface area contributed by atoms with E-state index in [1.165, 1.54) is 12.1 Å². The van der Waals surface area contributed by atoms with Crippen LogP contribution >= 0.6 is 23.2 Å². The first-order valence-electron chi connectivity index (χ1n) is 5.87. The molecule has 0 spiro atoms. The average Bonchev–Trinajstić information content (AvgIpc) is 2.30. The molecule has 0 bridgehead atoms. The smallest absolute Gasteiger partial charge is 0.156 e. The summed E-state index contributed by atoms with van der Waals surface area (Å²) >= 11 is 11.8. The number of nitrogens with one attached hydrogen (secondary N) is 1. The van der Waals surface area contributed by atoms with E-state index >= 15 is 0 Å². The molecule has 0 saturated heterocycles. The lowest BCUT2D eigenvalue weighted by Gasteiger charge is -2.09. The predicted octanol–water partition coefficient (Wildman–Crippen LogP) is 3.91. The second-order valence-corrected chi connectivity index (χ2v) is 4.88. The third-order valence-electron chi connectivity index (χ3n) is 2.00. The van der Waals surface area contributed by atoms with Gasteiger partial charge < -0.3 is 9.84 Å². The van der Waals surface area contributed by atoms with Gasteiger partial charge in [-0.25, -0.2) is 0 Å². The summed E-state index contributed by atoms with van der Waals surface area (Å²) in [5.74, 6) is 0.387. The van der Waals surface area contributed by atoms with Gasteiger partial charge in [-0.05, 0) is 13.8 Å². The van der Waals surface area contributed by atoms with E-state index in [-0.39, 0.29) is 21.9 Å². The Kier molecular flexibility index (Phi) is 6.84. The topological polar surface area (TPSA) is 50.7 Å². The number of phenolic OH excluding ortho intramolecular Hbond substituents is 1. The van der Waals surface area contributed by atoms with Crippen molar-refractivity contribution in [3.8, 4) is 11.5 Å². The molecule has 0 radical (unpaired) electrons. The minimum Gasteiger partial charge on any atom is -0.508 e. The second kappa shape index (κ2) is 8.15. The Morgan fingerprint density at radius 2 is 1.95 bits per heavy atom. The molecule has 0 heterocycles. The molecule has 1 aromatic rings. The van der Waals surface area contributed by atoms with Crippen LogP contribution < -0.4 is 10.2 Å². The van der Waals surface area contributed by atoms with Crippen molar-refractivity contribution in [3.63, 3.8) is 0 Å². The SMILES string of the molecule is CC(C)ONC=CCCOc1c(Cl)cc(O)cc1Cl. The van der Waals surface area contributed by atoms with Crippen molar-refractivity contribution < 1.29 is 14.7 Å². The Hall–Kier alpha value is -1.10. The number of benzene rings is 1. The van der Waals surface area contributed by atoms with E-state index in [0.717, 1.165) is 0 Å². The van der Waals surface area contributed by atoms with E-state index in [1.54, 1.807) is 6.20 Å². The van der Waals surface area contributed by atoms with Crippen molar-refractivity contribution >= 4 is 23.2 Å². The van der Waals surface area contributed by atoms with Crippen LogP contribution in [0.15, 0.2) is 24.4 Å². The van der Waals surface area contributed by atoms with E-state index < -0.39 is 0 Å². The lowest BCUT2D eigenvalue weighted by atomic mass is 10.3. The number of aromatic hydroxyl groups is 1.